The second-order valence-electron chi connectivity index (χ2n) is 6.56. The van der Waals surface area contributed by atoms with Crippen molar-refractivity contribution in [1.29, 1.82) is 0 Å². The summed E-state index contributed by atoms with van der Waals surface area (Å²) in [6.45, 7) is 5.90. The number of nitrogens with zero attached hydrogens (tertiary/aromatic N) is 2. The summed E-state index contributed by atoms with van der Waals surface area (Å²) in [5.41, 5.74) is 3.02. The predicted octanol–water partition coefficient (Wildman–Crippen LogP) is 3.73. The third-order valence-corrected chi connectivity index (χ3v) is 5.60. The molecule has 0 fully saturated rings. The third kappa shape index (κ3) is 5.05. The third-order valence-electron chi connectivity index (χ3n) is 4.56. The second-order valence-corrected chi connectivity index (χ2v) is 7.57. The molecule has 154 valence electrons. The Balaban J connectivity index is 1.94. The maximum atomic E-state index is 12.7. The minimum atomic E-state index is -0.220. The molecule has 1 amide bonds. The first-order chi connectivity index (χ1) is 14.0. The van der Waals surface area contributed by atoms with Gasteiger partial charge in [0, 0.05) is 24.8 Å². The summed E-state index contributed by atoms with van der Waals surface area (Å²) in [6, 6.07) is 11.7. The molecule has 0 saturated carbocycles. The topological polar surface area (TPSA) is 62.1 Å². The number of ether oxygens (including phenoxy) is 3. The summed E-state index contributed by atoms with van der Waals surface area (Å²) < 4.78 is 19.3. The molecule has 3 aromatic rings. The number of hydrogen-bond donors (Lipinski definition) is 0. The number of carbonyl (C=O) groups excluding carboxylic acids is 1. The van der Waals surface area contributed by atoms with Gasteiger partial charge in [-0.25, -0.2) is 0 Å². The summed E-state index contributed by atoms with van der Waals surface area (Å²) in [4.78, 5) is 17.8. The lowest BCUT2D eigenvalue weighted by Crippen LogP contribution is -2.20. The van der Waals surface area contributed by atoms with Crippen LogP contribution in [-0.2, 0) is 22.5 Å². The molecule has 1 aromatic heterocycles. The average molecular weight is 415 g/mol. The number of benzene rings is 2. The highest BCUT2D eigenvalue weighted by Crippen LogP contribution is 2.25. The summed E-state index contributed by atoms with van der Waals surface area (Å²) in [5, 5.41) is 0. The number of hydrogen-bond acceptors (Lipinski definition) is 5. The van der Waals surface area contributed by atoms with E-state index in [1.807, 2.05) is 19.1 Å². The maximum absolute atomic E-state index is 12.7. The van der Waals surface area contributed by atoms with Gasteiger partial charge in [-0.15, -0.1) is 0 Å². The van der Waals surface area contributed by atoms with Gasteiger partial charge in [0.2, 0.25) is 0 Å². The Kier molecular flexibility index (Phi) is 7.06. The number of carbonyl (C=O) groups is 1. The summed E-state index contributed by atoms with van der Waals surface area (Å²) in [7, 11) is 3.18. The van der Waals surface area contributed by atoms with Crippen LogP contribution in [0.1, 0.15) is 18.1 Å². The smallest absolute Gasteiger partial charge is 0.252 e. The van der Waals surface area contributed by atoms with Crippen molar-refractivity contribution in [3.05, 3.63) is 52.3 Å². The largest absolute Gasteiger partial charge is 0.497 e. The van der Waals surface area contributed by atoms with Crippen molar-refractivity contribution in [3.63, 3.8) is 0 Å². The van der Waals surface area contributed by atoms with E-state index >= 15 is 0 Å². The van der Waals surface area contributed by atoms with Crippen LogP contribution in [0.15, 0.2) is 41.4 Å². The van der Waals surface area contributed by atoms with Crippen molar-refractivity contribution in [2.45, 2.75) is 26.8 Å². The van der Waals surface area contributed by atoms with Crippen molar-refractivity contribution in [1.82, 2.24) is 4.57 Å². The number of methoxy groups -OCH3 is 2. The Hall–Kier alpha value is -2.64. The molecule has 0 aliphatic heterocycles. The van der Waals surface area contributed by atoms with Crippen LogP contribution in [0.3, 0.4) is 0 Å². The quantitative estimate of drug-likeness (QED) is 0.527. The molecule has 29 heavy (non-hydrogen) atoms. The van der Waals surface area contributed by atoms with Crippen LogP contribution in [0.5, 0.6) is 11.5 Å². The van der Waals surface area contributed by atoms with Crippen LogP contribution in [0.25, 0.3) is 10.2 Å². The van der Waals surface area contributed by atoms with E-state index in [-0.39, 0.29) is 12.3 Å². The normalized spacial score (nSPS) is 11.8. The van der Waals surface area contributed by atoms with Crippen molar-refractivity contribution in [2.75, 3.05) is 27.4 Å². The second kappa shape index (κ2) is 9.71. The van der Waals surface area contributed by atoms with E-state index in [2.05, 4.69) is 34.7 Å². The number of thiazole rings is 1. The van der Waals surface area contributed by atoms with Crippen molar-refractivity contribution in [3.8, 4) is 11.5 Å². The van der Waals surface area contributed by atoms with Gasteiger partial charge in [-0.2, -0.15) is 4.99 Å². The molecule has 0 unspecified atom stereocenters. The van der Waals surface area contributed by atoms with E-state index < -0.39 is 0 Å². The molecule has 0 N–H and O–H groups in total. The number of fused-ring (bicyclic) bond motifs is 1. The molecule has 7 heteroatoms. The average Bonchev–Trinajstić information content (AvgIpc) is 3.04. The molecule has 2 aromatic carbocycles. The molecule has 0 atom stereocenters. The fraction of sp³-hybridized carbons (Fsp3) is 0.364. The van der Waals surface area contributed by atoms with Crippen molar-refractivity contribution in [2.24, 2.45) is 4.99 Å². The highest BCUT2D eigenvalue weighted by atomic mass is 32.1. The van der Waals surface area contributed by atoms with E-state index in [0.29, 0.717) is 36.1 Å². The fourth-order valence-electron chi connectivity index (χ4n) is 3.09. The minimum absolute atomic E-state index is 0.159. The van der Waals surface area contributed by atoms with Gasteiger partial charge in [0.15, 0.2) is 4.80 Å². The summed E-state index contributed by atoms with van der Waals surface area (Å²) >= 11 is 1.52. The lowest BCUT2D eigenvalue weighted by Gasteiger charge is -2.09. The standard InChI is InChI=1S/C22H26N2O4S/c1-5-28-11-10-24-18-9-6-15(2)12-20(18)29-22(24)23-21(25)13-16-7-8-17(26-3)14-19(16)27-4/h6-9,12,14H,5,10-11,13H2,1-4H3. The Labute approximate surface area is 174 Å². The molecule has 0 aliphatic carbocycles. The van der Waals surface area contributed by atoms with E-state index in [4.69, 9.17) is 14.2 Å². The van der Waals surface area contributed by atoms with Gasteiger partial charge in [0.05, 0.1) is 37.5 Å². The molecular formula is C22H26N2O4S. The van der Waals surface area contributed by atoms with E-state index in [1.54, 1.807) is 20.3 Å². The fourth-order valence-corrected chi connectivity index (χ4v) is 4.26. The Bertz CT molecular complexity index is 1070. The first-order valence-corrected chi connectivity index (χ1v) is 10.3. The molecular weight excluding hydrogens is 388 g/mol. The Morgan fingerprint density at radius 2 is 1.97 bits per heavy atom. The Morgan fingerprint density at radius 3 is 2.69 bits per heavy atom. The zero-order valence-electron chi connectivity index (χ0n) is 17.2. The number of aryl methyl sites for hydroxylation is 1. The zero-order valence-corrected chi connectivity index (χ0v) is 18.0. The van der Waals surface area contributed by atoms with Crippen LogP contribution in [-0.4, -0.2) is 37.9 Å². The van der Waals surface area contributed by atoms with Crippen molar-refractivity contribution >= 4 is 27.5 Å². The van der Waals surface area contributed by atoms with Gasteiger partial charge < -0.3 is 18.8 Å². The van der Waals surface area contributed by atoms with Gasteiger partial charge in [-0.1, -0.05) is 23.5 Å². The van der Waals surface area contributed by atoms with E-state index in [9.17, 15) is 4.79 Å². The van der Waals surface area contributed by atoms with Gasteiger partial charge in [-0.05, 0) is 37.6 Å². The van der Waals surface area contributed by atoms with Gasteiger partial charge in [-0.3, -0.25) is 4.79 Å². The monoisotopic (exact) mass is 414 g/mol. The van der Waals surface area contributed by atoms with Crippen LogP contribution < -0.4 is 14.3 Å². The first kappa shape index (κ1) is 21.1. The van der Waals surface area contributed by atoms with Crippen molar-refractivity contribution < 1.29 is 19.0 Å². The molecule has 0 radical (unpaired) electrons. The highest BCUT2D eigenvalue weighted by molar-refractivity contribution is 7.16. The van der Waals surface area contributed by atoms with Crippen LogP contribution in [0.2, 0.25) is 0 Å². The Morgan fingerprint density at radius 1 is 1.14 bits per heavy atom. The molecule has 0 bridgehead atoms. The van der Waals surface area contributed by atoms with Gasteiger partial charge >= 0.3 is 0 Å². The predicted molar refractivity (Wildman–Crippen MR) is 115 cm³/mol. The number of rotatable bonds is 8. The van der Waals surface area contributed by atoms with Crippen LogP contribution in [0.4, 0.5) is 0 Å². The minimum Gasteiger partial charge on any atom is -0.497 e. The SMILES string of the molecule is CCOCCn1c(=NC(=O)Cc2ccc(OC)cc2OC)sc2cc(C)ccc21. The molecule has 0 aliphatic rings. The summed E-state index contributed by atoms with van der Waals surface area (Å²) in [6.07, 6.45) is 0.159. The van der Waals surface area contributed by atoms with Crippen LogP contribution >= 0.6 is 11.3 Å². The number of aromatic nitrogens is 1. The molecule has 0 spiro atoms. The number of amides is 1. The zero-order chi connectivity index (χ0) is 20.8. The van der Waals surface area contributed by atoms with Gasteiger partial charge in [0.1, 0.15) is 11.5 Å². The molecule has 1 heterocycles. The first-order valence-electron chi connectivity index (χ1n) is 9.52. The molecule has 0 saturated heterocycles. The van der Waals surface area contributed by atoms with E-state index in [0.717, 1.165) is 15.8 Å². The maximum Gasteiger partial charge on any atom is 0.252 e. The van der Waals surface area contributed by atoms with Crippen LogP contribution in [0, 0.1) is 6.92 Å². The lowest BCUT2D eigenvalue weighted by atomic mass is 10.1. The molecule has 6 nitrogen and oxygen atoms in total. The van der Waals surface area contributed by atoms with Gasteiger partial charge in [0.25, 0.3) is 5.91 Å². The summed E-state index contributed by atoms with van der Waals surface area (Å²) in [5.74, 6) is 1.08. The van der Waals surface area contributed by atoms with E-state index in [1.165, 1.54) is 16.9 Å². The molecule has 3 rings (SSSR count). The highest BCUT2D eigenvalue weighted by Gasteiger charge is 2.12. The lowest BCUT2D eigenvalue weighted by molar-refractivity contribution is -0.117.